The molecule has 0 radical (unpaired) electrons. The quantitative estimate of drug-likeness (QED) is 0.498. The second kappa shape index (κ2) is 3.19. The van der Waals surface area contributed by atoms with Crippen LogP contribution in [0.3, 0.4) is 0 Å². The zero-order valence-electron chi connectivity index (χ0n) is 7.31. The van der Waals surface area contributed by atoms with E-state index in [1.165, 1.54) is 6.42 Å². The molecule has 0 spiro atoms. The predicted molar refractivity (Wildman–Crippen MR) is 50.8 cm³/mol. The molecule has 1 fully saturated rings. The van der Waals surface area contributed by atoms with E-state index in [-0.39, 0.29) is 9.28 Å². The van der Waals surface area contributed by atoms with Crippen LogP contribution in [0.1, 0.15) is 27.2 Å². The van der Waals surface area contributed by atoms with Gasteiger partial charge in [0.1, 0.15) is 9.28 Å². The van der Waals surface area contributed by atoms with Gasteiger partial charge in [-0.25, -0.2) is 0 Å². The molecule has 0 bridgehead atoms. The van der Waals surface area contributed by atoms with Crippen molar-refractivity contribution in [2.45, 2.75) is 38.3 Å². The maximum atomic E-state index is 5.61. The highest BCUT2D eigenvalue weighted by Crippen LogP contribution is 2.30. The molecule has 1 aliphatic heterocycles. The minimum atomic E-state index is -0.398. The first-order chi connectivity index (χ1) is 4.61. The van der Waals surface area contributed by atoms with Crippen molar-refractivity contribution >= 4 is 17.6 Å². The third-order valence-corrected chi connectivity index (χ3v) is 13.7. The highest BCUT2D eigenvalue weighted by Gasteiger charge is 2.28. The molecule has 0 aromatic rings. The Balaban J connectivity index is 2.39. The molecule has 0 saturated carbocycles. The molecule has 0 aliphatic carbocycles. The van der Waals surface area contributed by atoms with E-state index >= 15 is 0 Å². The molecule has 3 heteroatoms. The Hall–Kier alpha value is 0.394. The first-order valence-corrected chi connectivity index (χ1v) is 9.42. The lowest BCUT2D eigenvalue weighted by Gasteiger charge is -2.31. The average molecular weight is 174 g/mol. The lowest BCUT2D eigenvalue weighted by atomic mass is 10.2. The van der Waals surface area contributed by atoms with Crippen LogP contribution < -0.4 is 0 Å². The lowest BCUT2D eigenvalue weighted by Crippen LogP contribution is -2.37. The van der Waals surface area contributed by atoms with Gasteiger partial charge >= 0.3 is 0 Å². The molecule has 0 N–H and O–H groups in total. The summed E-state index contributed by atoms with van der Waals surface area (Å²) in [5, 5.41) is 0.645. The molecule has 10 heavy (non-hydrogen) atoms. The average Bonchev–Trinajstić information content (AvgIpc) is 1.88. The van der Waals surface area contributed by atoms with Crippen molar-refractivity contribution < 1.29 is 4.43 Å². The van der Waals surface area contributed by atoms with Crippen molar-refractivity contribution in [2.24, 2.45) is 0 Å². The molecule has 0 aromatic carbocycles. The fraction of sp³-hybridized carbons (Fsp3) is 1.00. The molecule has 1 rings (SSSR count). The summed E-state index contributed by atoms with van der Waals surface area (Å²) in [6, 6.07) is 1.55. The van der Waals surface area contributed by atoms with Crippen molar-refractivity contribution in [1.82, 2.24) is 0 Å². The number of hydrogen-bond donors (Lipinski definition) is 0. The summed E-state index contributed by atoms with van der Waals surface area (Å²) in [5.74, 6) is 0. The first kappa shape index (κ1) is 8.49. The maximum absolute atomic E-state index is 5.61. The highest BCUT2D eigenvalue weighted by atomic mass is 29.2. The van der Waals surface area contributed by atoms with Gasteiger partial charge in [0, 0.05) is 6.61 Å². The SMILES string of the molecule is CC(C)(C)[SiH]1CCCO[SiH2]1. The first-order valence-electron chi connectivity index (χ1n) is 4.18. The van der Waals surface area contributed by atoms with Crippen LogP contribution in [0.4, 0.5) is 0 Å². The van der Waals surface area contributed by atoms with Crippen LogP contribution in [-0.2, 0) is 4.43 Å². The van der Waals surface area contributed by atoms with E-state index < -0.39 is 8.31 Å². The number of rotatable bonds is 0. The molecule has 1 heterocycles. The molecule has 1 nitrogen and oxygen atoms in total. The molecule has 1 unspecified atom stereocenters. The van der Waals surface area contributed by atoms with Crippen LogP contribution in [0, 0.1) is 0 Å². The van der Waals surface area contributed by atoms with Crippen LogP contribution in [-0.4, -0.2) is 24.2 Å². The molecule has 60 valence electrons. The Bertz CT molecular complexity index is 103. The number of hydrogen-bond acceptors (Lipinski definition) is 1. The van der Waals surface area contributed by atoms with E-state index in [2.05, 4.69) is 20.8 Å². The normalized spacial score (nSPS) is 30.9. The van der Waals surface area contributed by atoms with E-state index in [4.69, 9.17) is 4.43 Å². The minimum Gasteiger partial charge on any atom is -0.428 e. The predicted octanol–water partition coefficient (Wildman–Crippen LogP) is 1.01. The topological polar surface area (TPSA) is 9.23 Å². The molecular formula is C7H18OSi2. The van der Waals surface area contributed by atoms with E-state index in [1.807, 2.05) is 0 Å². The maximum Gasteiger partial charge on any atom is 0.147 e. The molecule has 1 aliphatic rings. The van der Waals surface area contributed by atoms with Gasteiger partial charge in [0.05, 0.1) is 8.31 Å². The standard InChI is InChI=1S/C7H18OSi2/c1-7(2,3)10-6-4-5-8-9-10/h10H,4-6,9H2,1-3H3. The van der Waals surface area contributed by atoms with Crippen molar-refractivity contribution in [3.05, 3.63) is 0 Å². The molecule has 1 atom stereocenters. The van der Waals surface area contributed by atoms with Crippen LogP contribution >= 0.6 is 0 Å². The third-order valence-electron chi connectivity index (χ3n) is 2.39. The smallest absolute Gasteiger partial charge is 0.147 e. The van der Waals surface area contributed by atoms with Crippen molar-refractivity contribution in [3.63, 3.8) is 0 Å². The van der Waals surface area contributed by atoms with Gasteiger partial charge in [-0.3, -0.25) is 0 Å². The van der Waals surface area contributed by atoms with Crippen LogP contribution in [0.5, 0.6) is 0 Å². The summed E-state index contributed by atoms with van der Waals surface area (Å²) in [6.07, 6.45) is 1.35. The monoisotopic (exact) mass is 174 g/mol. The molecular weight excluding hydrogens is 156 g/mol. The summed E-state index contributed by atoms with van der Waals surface area (Å²) in [4.78, 5) is 0. The highest BCUT2D eigenvalue weighted by molar-refractivity contribution is 7.11. The fourth-order valence-corrected chi connectivity index (χ4v) is 8.49. The molecule has 0 amide bonds. The second-order valence-corrected chi connectivity index (χ2v) is 12.7. The summed E-state index contributed by atoms with van der Waals surface area (Å²) < 4.78 is 5.61. The van der Waals surface area contributed by atoms with Gasteiger partial charge in [-0.2, -0.15) is 0 Å². The summed E-state index contributed by atoms with van der Waals surface area (Å²) >= 11 is 0. The molecule has 0 aromatic heterocycles. The van der Waals surface area contributed by atoms with Gasteiger partial charge in [-0.05, 0) is 11.5 Å². The van der Waals surface area contributed by atoms with Crippen LogP contribution in [0.25, 0.3) is 0 Å². The van der Waals surface area contributed by atoms with Gasteiger partial charge in [0.25, 0.3) is 0 Å². The van der Waals surface area contributed by atoms with Gasteiger partial charge < -0.3 is 4.43 Å². The van der Waals surface area contributed by atoms with E-state index in [9.17, 15) is 0 Å². The zero-order chi connectivity index (χ0) is 7.61. The van der Waals surface area contributed by atoms with Gasteiger partial charge in [0.2, 0.25) is 0 Å². The largest absolute Gasteiger partial charge is 0.428 e. The van der Waals surface area contributed by atoms with E-state index in [0.717, 1.165) is 6.61 Å². The van der Waals surface area contributed by atoms with E-state index in [0.29, 0.717) is 5.04 Å². The van der Waals surface area contributed by atoms with Crippen molar-refractivity contribution in [1.29, 1.82) is 0 Å². The van der Waals surface area contributed by atoms with E-state index in [1.54, 1.807) is 6.04 Å². The Kier molecular flexibility index (Phi) is 2.71. The minimum absolute atomic E-state index is 0.0428. The second-order valence-electron chi connectivity index (χ2n) is 4.28. The zero-order valence-corrected chi connectivity index (χ0v) is 9.88. The van der Waals surface area contributed by atoms with Crippen LogP contribution in [0.2, 0.25) is 11.1 Å². The van der Waals surface area contributed by atoms with Gasteiger partial charge in [-0.15, -0.1) is 0 Å². The summed E-state index contributed by atoms with van der Waals surface area (Å²) in [6.45, 7) is 8.26. The Morgan fingerprint density at radius 3 is 2.40 bits per heavy atom. The van der Waals surface area contributed by atoms with Gasteiger partial charge in [-0.1, -0.05) is 26.8 Å². The van der Waals surface area contributed by atoms with Crippen molar-refractivity contribution in [3.8, 4) is 0 Å². The van der Waals surface area contributed by atoms with Gasteiger partial charge in [0.15, 0.2) is 0 Å². The van der Waals surface area contributed by atoms with Crippen LogP contribution in [0.15, 0.2) is 0 Å². The fourth-order valence-electron chi connectivity index (χ4n) is 1.42. The third kappa shape index (κ3) is 2.21. The Morgan fingerprint density at radius 1 is 1.40 bits per heavy atom. The lowest BCUT2D eigenvalue weighted by molar-refractivity contribution is 0.333. The van der Waals surface area contributed by atoms with Crippen molar-refractivity contribution in [2.75, 3.05) is 6.61 Å². The molecule has 1 saturated heterocycles. The Morgan fingerprint density at radius 2 is 2.10 bits per heavy atom. The Labute approximate surface area is 67.5 Å². The summed E-state index contributed by atoms with van der Waals surface area (Å²) in [5.41, 5.74) is 0. The summed E-state index contributed by atoms with van der Waals surface area (Å²) in [7, 11) is -0.441.